The van der Waals surface area contributed by atoms with Gasteiger partial charge in [0.2, 0.25) is 0 Å². The predicted octanol–water partition coefficient (Wildman–Crippen LogP) is 4.57. The van der Waals surface area contributed by atoms with Crippen LogP contribution in [0.2, 0.25) is 0 Å². The van der Waals surface area contributed by atoms with E-state index in [0.717, 1.165) is 40.9 Å². The summed E-state index contributed by atoms with van der Waals surface area (Å²) in [5.74, 6) is 0.00941. The Morgan fingerprint density at radius 1 is 1.03 bits per heavy atom. The van der Waals surface area contributed by atoms with Crippen molar-refractivity contribution in [2.24, 2.45) is 0 Å². The molecule has 1 fully saturated rings. The number of aryl methyl sites for hydroxylation is 2. The molecule has 3 aromatic heterocycles. The van der Waals surface area contributed by atoms with Crippen molar-refractivity contribution in [1.29, 1.82) is 0 Å². The van der Waals surface area contributed by atoms with E-state index in [1.165, 1.54) is 12.1 Å². The molecule has 32 heavy (non-hydrogen) atoms. The summed E-state index contributed by atoms with van der Waals surface area (Å²) in [7, 11) is 0. The monoisotopic (exact) mass is 429 g/mol. The Morgan fingerprint density at radius 3 is 2.53 bits per heavy atom. The van der Waals surface area contributed by atoms with Crippen LogP contribution >= 0.6 is 0 Å². The smallest absolute Gasteiger partial charge is 0.259 e. The van der Waals surface area contributed by atoms with Gasteiger partial charge < -0.3 is 4.90 Å². The van der Waals surface area contributed by atoms with E-state index in [-0.39, 0.29) is 17.6 Å². The van der Waals surface area contributed by atoms with Gasteiger partial charge in [0.25, 0.3) is 5.91 Å². The molecular formula is C25H24FN5O. The molecule has 162 valence electrons. The third-order valence-corrected chi connectivity index (χ3v) is 6.07. The van der Waals surface area contributed by atoms with Crippen LogP contribution in [0.3, 0.4) is 0 Å². The number of aromatic nitrogens is 4. The lowest BCUT2D eigenvalue weighted by Gasteiger charge is -2.31. The molecule has 4 aromatic rings. The SMILES string of the molecule is Cc1cnc2c(C(=O)N3CCC(c4cc(-c5ccc(F)cc5)cc(C)n4)CC3)cnn2c1. The van der Waals surface area contributed by atoms with E-state index in [1.54, 1.807) is 29.0 Å². The average Bonchev–Trinajstić information content (AvgIpc) is 3.22. The van der Waals surface area contributed by atoms with Gasteiger partial charge in [0.15, 0.2) is 5.65 Å². The molecule has 1 saturated heterocycles. The zero-order chi connectivity index (χ0) is 22.2. The van der Waals surface area contributed by atoms with Crippen LogP contribution in [-0.4, -0.2) is 43.5 Å². The van der Waals surface area contributed by atoms with Crippen LogP contribution in [0, 0.1) is 19.7 Å². The van der Waals surface area contributed by atoms with Crippen molar-refractivity contribution in [3.05, 3.63) is 83.3 Å². The molecule has 1 aliphatic heterocycles. The average molecular weight is 429 g/mol. The van der Waals surface area contributed by atoms with E-state index < -0.39 is 0 Å². The Labute approximate surface area is 185 Å². The highest BCUT2D eigenvalue weighted by molar-refractivity contribution is 5.99. The van der Waals surface area contributed by atoms with Gasteiger partial charge in [-0.2, -0.15) is 5.10 Å². The standard InChI is InChI=1S/C25H24FN5O/c1-16-13-27-24-22(14-28-31(24)15-16)25(32)30-9-7-19(8-10-30)23-12-20(11-17(2)29-23)18-3-5-21(26)6-4-18/h3-6,11-15,19H,7-10H2,1-2H3. The van der Waals surface area contributed by atoms with Crippen molar-refractivity contribution in [1.82, 2.24) is 24.5 Å². The number of piperidine rings is 1. The minimum Gasteiger partial charge on any atom is -0.338 e. The molecule has 5 rings (SSSR count). The lowest BCUT2D eigenvalue weighted by atomic mass is 9.91. The molecule has 7 heteroatoms. The molecule has 1 aromatic carbocycles. The number of hydrogen-bond donors (Lipinski definition) is 0. The minimum atomic E-state index is -0.242. The molecule has 6 nitrogen and oxygen atoms in total. The van der Waals surface area contributed by atoms with E-state index in [9.17, 15) is 9.18 Å². The summed E-state index contributed by atoms with van der Waals surface area (Å²) in [5, 5.41) is 4.28. The van der Waals surface area contributed by atoms with E-state index in [4.69, 9.17) is 4.98 Å². The van der Waals surface area contributed by atoms with Gasteiger partial charge in [-0.3, -0.25) is 9.78 Å². The van der Waals surface area contributed by atoms with Crippen LogP contribution in [0.1, 0.15) is 46.1 Å². The maximum Gasteiger partial charge on any atom is 0.259 e. The van der Waals surface area contributed by atoms with Crippen molar-refractivity contribution in [3.8, 4) is 11.1 Å². The summed E-state index contributed by atoms with van der Waals surface area (Å²) in [5.41, 5.74) is 6.10. The Kier molecular flexibility index (Phi) is 5.17. The van der Waals surface area contributed by atoms with Gasteiger partial charge in [0.1, 0.15) is 11.4 Å². The summed E-state index contributed by atoms with van der Waals surface area (Å²) in [6, 6.07) is 10.7. The van der Waals surface area contributed by atoms with E-state index in [2.05, 4.69) is 16.1 Å². The number of pyridine rings is 1. The lowest BCUT2D eigenvalue weighted by Crippen LogP contribution is -2.38. The van der Waals surface area contributed by atoms with Gasteiger partial charge in [0, 0.05) is 42.8 Å². The summed E-state index contributed by atoms with van der Waals surface area (Å²) in [6.07, 6.45) is 6.91. The summed E-state index contributed by atoms with van der Waals surface area (Å²) >= 11 is 0. The number of nitrogens with zero attached hydrogens (tertiary/aromatic N) is 5. The van der Waals surface area contributed by atoms with Gasteiger partial charge >= 0.3 is 0 Å². The maximum absolute atomic E-state index is 13.3. The third kappa shape index (κ3) is 3.86. The Balaban J connectivity index is 1.32. The normalized spacial score (nSPS) is 14.8. The maximum atomic E-state index is 13.3. The molecule has 0 radical (unpaired) electrons. The molecule has 0 saturated carbocycles. The van der Waals surface area contributed by atoms with Gasteiger partial charge in [-0.1, -0.05) is 12.1 Å². The van der Waals surface area contributed by atoms with E-state index >= 15 is 0 Å². The number of carbonyl (C=O) groups is 1. The van der Waals surface area contributed by atoms with Crippen molar-refractivity contribution in [2.45, 2.75) is 32.6 Å². The van der Waals surface area contributed by atoms with Gasteiger partial charge in [-0.05, 0) is 67.6 Å². The summed E-state index contributed by atoms with van der Waals surface area (Å²) in [4.78, 5) is 24.2. The number of halogens is 1. The van der Waals surface area contributed by atoms with Gasteiger partial charge in [-0.15, -0.1) is 0 Å². The van der Waals surface area contributed by atoms with Crippen LogP contribution in [0.5, 0.6) is 0 Å². The number of hydrogen-bond acceptors (Lipinski definition) is 4. The molecule has 0 spiro atoms. The molecular weight excluding hydrogens is 405 g/mol. The number of benzene rings is 1. The second-order valence-corrected chi connectivity index (χ2v) is 8.45. The first-order chi connectivity index (χ1) is 15.5. The third-order valence-electron chi connectivity index (χ3n) is 6.07. The molecule has 0 atom stereocenters. The van der Waals surface area contributed by atoms with Gasteiger partial charge in [-0.25, -0.2) is 13.9 Å². The molecule has 0 aliphatic carbocycles. The minimum absolute atomic E-state index is 0.0287. The Morgan fingerprint density at radius 2 is 1.78 bits per heavy atom. The van der Waals surface area contributed by atoms with Crippen molar-refractivity contribution in [2.75, 3.05) is 13.1 Å². The highest BCUT2D eigenvalue weighted by atomic mass is 19.1. The largest absolute Gasteiger partial charge is 0.338 e. The zero-order valence-electron chi connectivity index (χ0n) is 18.1. The molecule has 0 unspecified atom stereocenters. The Bertz CT molecular complexity index is 1290. The van der Waals surface area contributed by atoms with E-state index in [1.807, 2.05) is 31.0 Å². The molecule has 0 bridgehead atoms. The number of carbonyl (C=O) groups excluding carboxylic acids is 1. The molecule has 0 N–H and O–H groups in total. The highest BCUT2D eigenvalue weighted by Gasteiger charge is 2.27. The molecule has 4 heterocycles. The first kappa shape index (κ1) is 20.3. The van der Waals surface area contributed by atoms with Crippen LogP contribution in [0.25, 0.3) is 16.8 Å². The zero-order valence-corrected chi connectivity index (χ0v) is 18.1. The van der Waals surface area contributed by atoms with Crippen molar-refractivity contribution in [3.63, 3.8) is 0 Å². The van der Waals surface area contributed by atoms with E-state index in [0.29, 0.717) is 24.3 Å². The fraction of sp³-hybridized carbons (Fsp3) is 0.280. The van der Waals surface area contributed by atoms with Crippen molar-refractivity contribution >= 4 is 11.6 Å². The van der Waals surface area contributed by atoms with Crippen molar-refractivity contribution < 1.29 is 9.18 Å². The first-order valence-corrected chi connectivity index (χ1v) is 10.8. The van der Waals surface area contributed by atoms with Crippen LogP contribution in [-0.2, 0) is 0 Å². The number of likely N-dealkylation sites (tertiary alicyclic amines) is 1. The van der Waals surface area contributed by atoms with Crippen LogP contribution in [0.15, 0.2) is 55.0 Å². The molecule has 1 aliphatic rings. The quantitative estimate of drug-likeness (QED) is 0.479. The topological polar surface area (TPSA) is 63.4 Å². The Hall–Kier alpha value is -3.61. The summed E-state index contributed by atoms with van der Waals surface area (Å²) < 4.78 is 15.0. The number of fused-ring (bicyclic) bond motifs is 1. The summed E-state index contributed by atoms with van der Waals surface area (Å²) in [6.45, 7) is 5.25. The lowest BCUT2D eigenvalue weighted by molar-refractivity contribution is 0.0713. The number of amides is 1. The fourth-order valence-electron chi connectivity index (χ4n) is 4.38. The highest BCUT2D eigenvalue weighted by Crippen LogP contribution is 2.31. The first-order valence-electron chi connectivity index (χ1n) is 10.8. The molecule has 1 amide bonds. The van der Waals surface area contributed by atoms with Crippen LogP contribution in [0.4, 0.5) is 4.39 Å². The predicted molar refractivity (Wildman–Crippen MR) is 120 cm³/mol. The number of rotatable bonds is 3. The second kappa shape index (κ2) is 8.15. The van der Waals surface area contributed by atoms with Gasteiger partial charge in [0.05, 0.1) is 6.20 Å². The fourth-order valence-corrected chi connectivity index (χ4v) is 4.38. The second-order valence-electron chi connectivity index (χ2n) is 8.45. The van der Waals surface area contributed by atoms with Crippen LogP contribution < -0.4 is 0 Å².